The second-order valence-corrected chi connectivity index (χ2v) is 1.00. The van der Waals surface area contributed by atoms with Gasteiger partial charge in [-0.05, 0) is 0 Å². The number of allylic oxidation sites excluding steroid dienone is 4. The van der Waals surface area contributed by atoms with Crippen LogP contribution in [0.1, 0.15) is 7.85 Å². The van der Waals surface area contributed by atoms with Crippen molar-refractivity contribution in [3.8, 4) is 0 Å². The first kappa shape index (κ1) is 22.5. The Labute approximate surface area is 88.3 Å². The van der Waals surface area contributed by atoms with E-state index >= 15 is 0 Å². The van der Waals surface area contributed by atoms with Crippen molar-refractivity contribution in [2.75, 3.05) is 0 Å². The number of carbonyl (C=O) groups excluding carboxylic acids is 3. The zero-order chi connectivity index (χ0) is 9.54. The predicted molar refractivity (Wildman–Crippen MR) is 44.0 cm³/mol. The van der Waals surface area contributed by atoms with Crippen LogP contribution in [-0.4, -0.2) is 20.4 Å². The van der Waals surface area contributed by atoms with Crippen molar-refractivity contribution in [3.63, 3.8) is 0 Å². The number of hydrogen-bond donors (Lipinski definition) is 0. The summed E-state index contributed by atoms with van der Waals surface area (Å²) in [6, 6.07) is 0. The van der Waals surface area contributed by atoms with Gasteiger partial charge in [0.1, 0.15) is 20.4 Å². The smallest absolute Gasteiger partial charge is 1.00 e. The van der Waals surface area contributed by atoms with E-state index in [1.54, 1.807) is 0 Å². The summed E-state index contributed by atoms with van der Waals surface area (Å²) in [6.45, 7) is 6.00. The van der Waals surface area contributed by atoms with Crippen LogP contribution in [0.5, 0.6) is 0 Å². The predicted octanol–water partition coefficient (Wildman–Crippen LogP) is 0.861. The van der Waals surface area contributed by atoms with Crippen LogP contribution >= 0.6 is 0 Å². The van der Waals surface area contributed by atoms with Gasteiger partial charge in [-0.2, -0.15) is 6.08 Å². The Morgan fingerprint density at radius 1 is 1.08 bits per heavy atom. The molecule has 3 nitrogen and oxygen atoms in total. The summed E-state index contributed by atoms with van der Waals surface area (Å²) < 4.78 is 0. The van der Waals surface area contributed by atoms with Crippen molar-refractivity contribution in [1.82, 2.24) is 0 Å². The molecular weight excluding hydrogens is 328 g/mol. The van der Waals surface area contributed by atoms with Gasteiger partial charge in [-0.15, -0.1) is 6.42 Å². The van der Waals surface area contributed by atoms with Gasteiger partial charge in [0.25, 0.3) is 0 Å². The maximum Gasteiger partial charge on any atom is 2.00 e. The van der Waals surface area contributed by atoms with Crippen LogP contribution in [0.3, 0.4) is 0 Å². The molecule has 1 aliphatic rings. The van der Waals surface area contributed by atoms with Gasteiger partial charge in [-0.1, -0.05) is 0 Å². The largest absolute Gasteiger partial charge is 2.00 e. The van der Waals surface area contributed by atoms with E-state index in [0.29, 0.717) is 0 Å². The van der Waals surface area contributed by atoms with Gasteiger partial charge in [-0.25, -0.2) is 12.2 Å². The number of carbonyl (C=O) groups is 3. The topological polar surface area (TPSA) is 51.2 Å². The van der Waals surface area contributed by atoms with Crippen LogP contribution in [0.2, 0.25) is 0 Å². The molecule has 0 saturated carbocycles. The molecule has 0 bridgehead atoms. The fraction of sp³-hybridized carbons (Fsp3) is 0.125. The maximum atomic E-state index is 8.00. The summed E-state index contributed by atoms with van der Waals surface area (Å²) >= 11 is 0. The summed E-state index contributed by atoms with van der Waals surface area (Å²) in [7, 11) is 0. The molecule has 0 unspecified atom stereocenters. The molecule has 4 heteroatoms. The van der Waals surface area contributed by atoms with Crippen molar-refractivity contribution in [1.29, 1.82) is 0 Å². The van der Waals surface area contributed by atoms with Gasteiger partial charge < -0.3 is 15.8 Å². The van der Waals surface area contributed by atoms with Crippen LogP contribution in [0.25, 0.3) is 0 Å². The Balaban J connectivity index is -0.0000000239. The van der Waals surface area contributed by atoms with Gasteiger partial charge in [0, 0.05) is 0 Å². The summed E-state index contributed by atoms with van der Waals surface area (Å²) in [6.07, 6.45) is 10.0. The molecule has 0 saturated heterocycles. The molecule has 0 fully saturated rings. The van der Waals surface area contributed by atoms with E-state index in [4.69, 9.17) is 14.4 Å². The van der Waals surface area contributed by atoms with Crippen molar-refractivity contribution in [2.24, 2.45) is 0 Å². The van der Waals surface area contributed by atoms with Gasteiger partial charge in [0.15, 0.2) is 0 Å². The van der Waals surface area contributed by atoms with E-state index in [0.717, 1.165) is 6.42 Å². The van der Waals surface area contributed by atoms with E-state index < -0.39 is 0 Å². The molecule has 0 aliphatic heterocycles. The normalized spacial score (nSPS) is 8.33. The maximum absolute atomic E-state index is 8.00. The molecule has 1 aliphatic carbocycles. The average molecular weight is 340 g/mol. The Morgan fingerprint density at radius 2 is 1.50 bits per heavy atom. The Bertz CT molecular complexity index is 103. The molecular formula is C8H12O3W. The van der Waals surface area contributed by atoms with E-state index in [9.17, 15) is 0 Å². The zero-order valence-electron chi connectivity index (χ0n) is 7.69. The van der Waals surface area contributed by atoms with Crippen LogP contribution in [0, 0.1) is 6.08 Å². The Kier molecular flexibility index (Phi) is 92.0. The molecule has 0 atom stereocenters. The Morgan fingerprint density at radius 3 is 1.58 bits per heavy atom. The van der Waals surface area contributed by atoms with Gasteiger partial charge in [0.05, 0.1) is 0 Å². The molecule has 0 N–H and O–H groups in total. The molecule has 0 radical (unpaired) electrons. The second-order valence-electron chi connectivity index (χ2n) is 1.00. The van der Waals surface area contributed by atoms with Gasteiger partial charge >= 0.3 is 21.1 Å². The first-order valence-electron chi connectivity index (χ1n) is 2.58. The summed E-state index contributed by atoms with van der Waals surface area (Å²) in [4.78, 5) is 24.0. The van der Waals surface area contributed by atoms with Crippen molar-refractivity contribution in [2.45, 2.75) is 6.42 Å². The molecule has 0 aromatic rings. The molecule has 0 aromatic heterocycles. The van der Waals surface area contributed by atoms with Crippen LogP contribution < -0.4 is 0 Å². The average Bonchev–Trinajstić information content (AvgIpc) is 2.71. The van der Waals surface area contributed by atoms with Crippen LogP contribution in [-0.2, 0) is 35.4 Å². The fourth-order valence-corrected chi connectivity index (χ4v) is 0.340. The van der Waals surface area contributed by atoms with Crippen molar-refractivity contribution in [3.05, 3.63) is 24.3 Å². The molecule has 1 rings (SSSR count). The minimum absolute atomic E-state index is 0. The molecule has 68 valence electrons. The third-order valence-electron chi connectivity index (χ3n) is 0.586. The SMILES string of the molecule is C=O.C=O.C=O.[C-]1=CC=CC1.[H-].[W+2]. The van der Waals surface area contributed by atoms with Crippen LogP contribution in [0.4, 0.5) is 0 Å². The van der Waals surface area contributed by atoms with E-state index in [2.05, 4.69) is 12.2 Å². The Hall–Kier alpha value is -0.822. The molecule has 12 heavy (non-hydrogen) atoms. The van der Waals surface area contributed by atoms with E-state index in [1.165, 1.54) is 0 Å². The molecule has 0 amide bonds. The molecule has 0 aromatic carbocycles. The zero-order valence-corrected chi connectivity index (χ0v) is 9.63. The molecule has 0 spiro atoms. The third kappa shape index (κ3) is 35.2. The number of rotatable bonds is 0. The first-order chi connectivity index (χ1) is 5.50. The summed E-state index contributed by atoms with van der Waals surface area (Å²) in [5.41, 5.74) is 0. The van der Waals surface area contributed by atoms with E-state index in [1.807, 2.05) is 32.5 Å². The third-order valence-corrected chi connectivity index (χ3v) is 0.586. The van der Waals surface area contributed by atoms with E-state index in [-0.39, 0.29) is 22.5 Å². The standard InChI is InChI=1S/C5H5.3CH2O.W.H/c1-2-4-5-3-1;3*1-2;;/h1-3H,4H2;3*1H2;;/q-1;;;;+2;-1. The van der Waals surface area contributed by atoms with Crippen molar-refractivity contribution < 1.29 is 36.9 Å². The molecule has 0 heterocycles. The van der Waals surface area contributed by atoms with Gasteiger partial charge in [-0.3, -0.25) is 6.08 Å². The monoisotopic (exact) mass is 340 g/mol. The fourth-order valence-electron chi connectivity index (χ4n) is 0.340. The summed E-state index contributed by atoms with van der Waals surface area (Å²) in [5, 5.41) is 0. The second kappa shape index (κ2) is 49.1. The minimum Gasteiger partial charge on any atom is -1.00 e. The summed E-state index contributed by atoms with van der Waals surface area (Å²) in [5.74, 6) is 0. The number of hydrogen-bond acceptors (Lipinski definition) is 3. The van der Waals surface area contributed by atoms with Crippen molar-refractivity contribution >= 4 is 20.4 Å². The van der Waals surface area contributed by atoms with Gasteiger partial charge in [0.2, 0.25) is 0 Å². The minimum atomic E-state index is 0. The van der Waals surface area contributed by atoms with Crippen LogP contribution in [0.15, 0.2) is 18.2 Å². The first-order valence-corrected chi connectivity index (χ1v) is 2.58. The quantitative estimate of drug-likeness (QED) is 0.615.